The van der Waals surface area contributed by atoms with Gasteiger partial charge in [-0.25, -0.2) is 4.98 Å². The van der Waals surface area contributed by atoms with Crippen molar-refractivity contribution in [2.24, 2.45) is 0 Å². The van der Waals surface area contributed by atoms with Gasteiger partial charge in [-0.15, -0.1) is 0 Å². The molecule has 0 saturated heterocycles. The van der Waals surface area contributed by atoms with Gasteiger partial charge in [-0.2, -0.15) is 0 Å². The smallest absolute Gasteiger partial charge is 0.0725 e. The fourth-order valence-electron chi connectivity index (χ4n) is 8.41. The molecule has 218 valence electrons. The van der Waals surface area contributed by atoms with Gasteiger partial charge in [0.2, 0.25) is 0 Å². The monoisotopic (exact) mass is 595 g/mol. The number of rotatable bonds is 3. The molecule has 1 spiro atoms. The van der Waals surface area contributed by atoms with Gasteiger partial charge in [0.15, 0.2) is 0 Å². The summed E-state index contributed by atoms with van der Waals surface area (Å²) in [6, 6.07) is 64.2. The average Bonchev–Trinajstić information content (AvgIpc) is 3.62. The van der Waals surface area contributed by atoms with Crippen LogP contribution in [0.1, 0.15) is 22.3 Å². The molecule has 0 saturated carbocycles. The summed E-state index contributed by atoms with van der Waals surface area (Å²) >= 11 is 0. The standard InChI is InChI=1S/C46H29N/c1-2-14-30(15-3-1)38-29-44(47-43-27-11-7-20-36(38)43)32-17-12-16-31(28-32)33-22-13-26-42-45(33)37-21-6-10-25-41(37)46(42)39-23-8-4-18-34(39)35-19-5-9-24-40(35)46/h1-29H. The first kappa shape index (κ1) is 26.2. The van der Waals surface area contributed by atoms with E-state index in [1.54, 1.807) is 0 Å². The topological polar surface area (TPSA) is 12.9 Å². The van der Waals surface area contributed by atoms with Crippen molar-refractivity contribution >= 4 is 10.9 Å². The molecule has 0 N–H and O–H groups in total. The molecule has 47 heavy (non-hydrogen) atoms. The Morgan fingerprint density at radius 3 is 1.64 bits per heavy atom. The zero-order chi connectivity index (χ0) is 31.0. The number of benzene rings is 7. The van der Waals surface area contributed by atoms with E-state index in [4.69, 9.17) is 4.98 Å². The van der Waals surface area contributed by atoms with Crippen LogP contribution in [0.25, 0.3) is 66.7 Å². The van der Waals surface area contributed by atoms with E-state index in [2.05, 4.69) is 176 Å². The van der Waals surface area contributed by atoms with Gasteiger partial charge in [0.25, 0.3) is 0 Å². The quantitative estimate of drug-likeness (QED) is 0.198. The molecular formula is C46H29N. The van der Waals surface area contributed by atoms with Gasteiger partial charge in [0.05, 0.1) is 16.6 Å². The lowest BCUT2D eigenvalue weighted by atomic mass is 9.70. The van der Waals surface area contributed by atoms with Crippen molar-refractivity contribution in [3.05, 3.63) is 198 Å². The van der Waals surface area contributed by atoms with E-state index in [9.17, 15) is 0 Å². The minimum absolute atomic E-state index is 0.350. The lowest BCUT2D eigenvalue weighted by molar-refractivity contribution is 0.794. The molecule has 0 fully saturated rings. The SMILES string of the molecule is c1ccc(-c2cc(-c3cccc(-c4cccc5c4-c4ccccc4C54c5ccccc5-c5ccccc54)c3)nc3ccccc23)cc1. The van der Waals surface area contributed by atoms with Crippen molar-refractivity contribution < 1.29 is 0 Å². The van der Waals surface area contributed by atoms with E-state index in [1.807, 2.05) is 0 Å². The Kier molecular flexibility index (Phi) is 5.56. The maximum absolute atomic E-state index is 5.18. The molecule has 1 heterocycles. The fourth-order valence-corrected chi connectivity index (χ4v) is 8.41. The van der Waals surface area contributed by atoms with Crippen LogP contribution in [0.15, 0.2) is 176 Å². The van der Waals surface area contributed by atoms with Gasteiger partial charge in [-0.05, 0) is 85.0 Å². The molecule has 10 rings (SSSR count). The molecule has 2 aliphatic carbocycles. The normalized spacial score (nSPS) is 13.3. The Bertz CT molecular complexity index is 2480. The summed E-state index contributed by atoms with van der Waals surface area (Å²) in [5, 5.41) is 1.17. The van der Waals surface area contributed by atoms with Crippen LogP contribution in [0.5, 0.6) is 0 Å². The van der Waals surface area contributed by atoms with Crippen LogP contribution >= 0.6 is 0 Å². The zero-order valence-electron chi connectivity index (χ0n) is 25.7. The van der Waals surface area contributed by atoms with Crippen LogP contribution in [-0.4, -0.2) is 4.98 Å². The summed E-state index contributed by atoms with van der Waals surface area (Å²) in [5.74, 6) is 0. The number of para-hydroxylation sites is 1. The van der Waals surface area contributed by atoms with E-state index in [1.165, 1.54) is 72.1 Å². The molecular weight excluding hydrogens is 567 g/mol. The molecule has 8 aromatic rings. The van der Waals surface area contributed by atoms with Crippen LogP contribution in [0, 0.1) is 0 Å². The number of hydrogen-bond donors (Lipinski definition) is 0. The maximum atomic E-state index is 5.18. The van der Waals surface area contributed by atoms with E-state index >= 15 is 0 Å². The second-order valence-electron chi connectivity index (χ2n) is 12.6. The third-order valence-corrected chi connectivity index (χ3v) is 10.3. The molecule has 2 aliphatic rings. The summed E-state index contributed by atoms with van der Waals surface area (Å²) < 4.78 is 0. The van der Waals surface area contributed by atoms with E-state index in [0.29, 0.717) is 0 Å². The fraction of sp³-hybridized carbons (Fsp3) is 0.0217. The van der Waals surface area contributed by atoms with Crippen molar-refractivity contribution in [3.8, 4) is 55.8 Å². The Balaban J connectivity index is 1.20. The predicted octanol–water partition coefficient (Wildman–Crippen LogP) is 11.6. The predicted molar refractivity (Wildman–Crippen MR) is 194 cm³/mol. The van der Waals surface area contributed by atoms with Crippen LogP contribution < -0.4 is 0 Å². The molecule has 0 radical (unpaired) electrons. The maximum Gasteiger partial charge on any atom is 0.0725 e. The molecule has 0 unspecified atom stereocenters. The highest BCUT2D eigenvalue weighted by atomic mass is 14.7. The zero-order valence-corrected chi connectivity index (χ0v) is 25.7. The first-order chi connectivity index (χ1) is 23.3. The first-order valence-electron chi connectivity index (χ1n) is 16.3. The van der Waals surface area contributed by atoms with Crippen molar-refractivity contribution in [1.82, 2.24) is 4.98 Å². The van der Waals surface area contributed by atoms with E-state index < -0.39 is 0 Å². The van der Waals surface area contributed by atoms with Crippen molar-refractivity contribution in [2.75, 3.05) is 0 Å². The molecule has 1 heteroatoms. The van der Waals surface area contributed by atoms with Gasteiger partial charge in [-0.3, -0.25) is 0 Å². The third-order valence-electron chi connectivity index (χ3n) is 10.3. The third kappa shape index (κ3) is 3.63. The molecule has 1 aromatic heterocycles. The Labute approximate surface area is 274 Å². The molecule has 0 bridgehead atoms. The highest BCUT2D eigenvalue weighted by Crippen LogP contribution is 2.63. The van der Waals surface area contributed by atoms with E-state index in [-0.39, 0.29) is 5.41 Å². The van der Waals surface area contributed by atoms with Crippen molar-refractivity contribution in [3.63, 3.8) is 0 Å². The summed E-state index contributed by atoms with van der Waals surface area (Å²) in [4.78, 5) is 5.18. The average molecular weight is 596 g/mol. The van der Waals surface area contributed by atoms with Crippen LogP contribution in [0.3, 0.4) is 0 Å². The highest BCUT2D eigenvalue weighted by molar-refractivity contribution is 6.01. The molecule has 0 atom stereocenters. The second-order valence-corrected chi connectivity index (χ2v) is 12.6. The highest BCUT2D eigenvalue weighted by Gasteiger charge is 2.51. The van der Waals surface area contributed by atoms with Gasteiger partial charge in [0.1, 0.15) is 0 Å². The molecule has 0 amide bonds. The lowest BCUT2D eigenvalue weighted by Crippen LogP contribution is -2.25. The van der Waals surface area contributed by atoms with Gasteiger partial charge >= 0.3 is 0 Å². The number of aromatic nitrogens is 1. The molecule has 1 nitrogen and oxygen atoms in total. The number of hydrogen-bond acceptors (Lipinski definition) is 1. The van der Waals surface area contributed by atoms with Gasteiger partial charge in [-0.1, -0.05) is 158 Å². The molecule has 7 aromatic carbocycles. The summed E-state index contributed by atoms with van der Waals surface area (Å²) in [6.45, 7) is 0. The minimum atomic E-state index is -0.350. The summed E-state index contributed by atoms with van der Waals surface area (Å²) in [5.41, 5.74) is 18.3. The Morgan fingerprint density at radius 1 is 0.340 bits per heavy atom. The Hall–Kier alpha value is -6.05. The van der Waals surface area contributed by atoms with Crippen molar-refractivity contribution in [1.29, 1.82) is 0 Å². The minimum Gasteiger partial charge on any atom is -0.248 e. The summed E-state index contributed by atoms with van der Waals surface area (Å²) in [7, 11) is 0. The second kappa shape index (κ2) is 9.97. The van der Waals surface area contributed by atoms with E-state index in [0.717, 1.165) is 16.8 Å². The number of nitrogens with zero attached hydrogens (tertiary/aromatic N) is 1. The number of pyridine rings is 1. The van der Waals surface area contributed by atoms with Crippen LogP contribution in [-0.2, 0) is 5.41 Å². The largest absolute Gasteiger partial charge is 0.248 e. The van der Waals surface area contributed by atoms with Crippen LogP contribution in [0.4, 0.5) is 0 Å². The van der Waals surface area contributed by atoms with Crippen molar-refractivity contribution in [2.45, 2.75) is 5.41 Å². The molecule has 0 aliphatic heterocycles. The van der Waals surface area contributed by atoms with Crippen LogP contribution in [0.2, 0.25) is 0 Å². The lowest BCUT2D eigenvalue weighted by Gasteiger charge is -2.30. The Morgan fingerprint density at radius 2 is 0.872 bits per heavy atom. The van der Waals surface area contributed by atoms with Gasteiger partial charge in [0, 0.05) is 10.9 Å². The van der Waals surface area contributed by atoms with Gasteiger partial charge < -0.3 is 0 Å². The number of fused-ring (bicyclic) bond motifs is 11. The first-order valence-corrected chi connectivity index (χ1v) is 16.3. The summed E-state index contributed by atoms with van der Waals surface area (Å²) in [6.07, 6.45) is 0.